The van der Waals surface area contributed by atoms with Gasteiger partial charge in [0.15, 0.2) is 10.7 Å². The Hall–Kier alpha value is -4.78. The van der Waals surface area contributed by atoms with Gasteiger partial charge in [0.05, 0.1) is 46.0 Å². The topological polar surface area (TPSA) is 147 Å². The average Bonchev–Trinajstić information content (AvgIpc) is 3.62. The molecule has 308 valence electrons. The lowest BCUT2D eigenvalue weighted by molar-refractivity contribution is 0.119. The second kappa shape index (κ2) is 16.1. The Labute approximate surface area is 340 Å². The van der Waals surface area contributed by atoms with E-state index in [0.717, 1.165) is 74.3 Å². The van der Waals surface area contributed by atoms with Crippen molar-refractivity contribution in [2.24, 2.45) is 5.41 Å². The molecule has 0 unspecified atom stereocenters. The molecule has 0 bridgehead atoms. The molecule has 0 atom stereocenters. The minimum absolute atomic E-state index is 0.0450. The number of benzene rings is 3. The lowest BCUT2D eigenvalue weighted by Gasteiger charge is -2.47. The third kappa shape index (κ3) is 8.37. The molecule has 0 radical (unpaired) electrons. The molecule has 2 saturated heterocycles. The Kier molecular flexibility index (Phi) is 11.5. The fraction of sp³-hybridized carbons (Fsp3) is 0.375. The maximum atomic E-state index is 16.3. The van der Waals surface area contributed by atoms with Crippen molar-refractivity contribution in [1.29, 1.82) is 0 Å². The van der Waals surface area contributed by atoms with E-state index < -0.39 is 48.1 Å². The maximum Gasteiger partial charge on any atom is 0.267 e. The summed E-state index contributed by atoms with van der Waals surface area (Å²) in [4.78, 5) is 15.6. The largest absolute Gasteiger partial charge is 0.494 e. The lowest BCUT2D eigenvalue weighted by atomic mass is 9.71. The van der Waals surface area contributed by atoms with Crippen LogP contribution in [0.1, 0.15) is 56.0 Å². The molecule has 2 fully saturated rings. The average molecular weight is 856 g/mol. The summed E-state index contributed by atoms with van der Waals surface area (Å²) in [5.41, 5.74) is 2.90. The molecular formula is C40H44F3N7O5S3. The van der Waals surface area contributed by atoms with E-state index in [4.69, 9.17) is 14.7 Å². The van der Waals surface area contributed by atoms with Crippen LogP contribution >= 0.6 is 11.3 Å². The van der Waals surface area contributed by atoms with E-state index in [1.165, 1.54) is 29.7 Å². The number of nitrogens with one attached hydrogen (secondary N) is 2. The molecule has 2 aliphatic rings. The van der Waals surface area contributed by atoms with E-state index >= 15 is 4.39 Å². The van der Waals surface area contributed by atoms with Gasteiger partial charge in [-0.3, -0.25) is 4.72 Å². The van der Waals surface area contributed by atoms with E-state index in [0.29, 0.717) is 40.1 Å². The number of halogens is 3. The van der Waals surface area contributed by atoms with Crippen LogP contribution in [0.2, 0.25) is 0 Å². The van der Waals surface area contributed by atoms with Crippen LogP contribution in [-0.4, -0.2) is 75.6 Å². The molecule has 4 heterocycles. The number of piperidine rings is 2. The number of aryl methyl sites for hydroxylation is 1. The van der Waals surface area contributed by atoms with Crippen LogP contribution in [0.5, 0.6) is 5.75 Å². The van der Waals surface area contributed by atoms with Crippen LogP contribution in [-0.2, 0) is 20.0 Å². The standard InChI is InChI=1S/C40H44F3N7O5S3/c1-24(2)38-47-35(26-8-6-11-29(34(26)43)48-58(53,54)37-27(41)9-7-10-28(37)42)36(56-38)30-12-17-44-39(45-30)46-31-22-25(3)32(23-33(31)55-4)49-18-13-40(14-19-49)15-20-50(21-16-40)57(5,51)52/h6-12,17,22-24,48H,13-16,18-21H2,1-5H3,(H,44,45,46). The first-order valence-corrected chi connectivity index (χ1v) is 22.9. The zero-order valence-corrected chi connectivity index (χ0v) is 35.1. The molecule has 2 N–H and O–H groups in total. The fourth-order valence-corrected chi connectivity index (χ4v) is 10.7. The molecule has 0 aliphatic carbocycles. The minimum atomic E-state index is -4.85. The summed E-state index contributed by atoms with van der Waals surface area (Å²) in [6, 6.07) is 12.3. The van der Waals surface area contributed by atoms with Gasteiger partial charge < -0.3 is 15.0 Å². The van der Waals surface area contributed by atoms with E-state index in [1.807, 2.05) is 37.6 Å². The first kappa shape index (κ1) is 41.4. The van der Waals surface area contributed by atoms with Crippen LogP contribution in [0.25, 0.3) is 21.8 Å². The zero-order chi connectivity index (χ0) is 41.6. The van der Waals surface area contributed by atoms with E-state index in [2.05, 4.69) is 15.2 Å². The third-order valence-electron chi connectivity index (χ3n) is 10.9. The quantitative estimate of drug-likeness (QED) is 0.133. The van der Waals surface area contributed by atoms with Crippen LogP contribution in [0.15, 0.2) is 65.7 Å². The van der Waals surface area contributed by atoms with Crippen LogP contribution < -0.4 is 19.7 Å². The van der Waals surface area contributed by atoms with Gasteiger partial charge >= 0.3 is 0 Å². The smallest absolute Gasteiger partial charge is 0.267 e. The Morgan fingerprint density at radius 3 is 2.17 bits per heavy atom. The van der Waals surface area contributed by atoms with Crippen molar-refractivity contribution in [3.8, 4) is 27.6 Å². The van der Waals surface area contributed by atoms with Gasteiger partial charge in [0, 0.05) is 55.6 Å². The Balaban J connectivity index is 1.13. The van der Waals surface area contributed by atoms with Gasteiger partial charge in [0.2, 0.25) is 16.0 Å². The Morgan fingerprint density at radius 2 is 1.53 bits per heavy atom. The highest BCUT2D eigenvalue weighted by atomic mass is 32.2. The third-order valence-corrected chi connectivity index (χ3v) is 15.0. The molecule has 2 aromatic heterocycles. The molecule has 0 amide bonds. The molecule has 7 rings (SSSR count). The second-order valence-electron chi connectivity index (χ2n) is 15.1. The molecule has 2 aliphatic heterocycles. The number of thiazole rings is 1. The van der Waals surface area contributed by atoms with Gasteiger partial charge in [-0.05, 0) is 80.0 Å². The van der Waals surface area contributed by atoms with Crippen LogP contribution in [0.3, 0.4) is 0 Å². The lowest BCUT2D eigenvalue weighted by Crippen LogP contribution is -2.48. The number of ether oxygens (including phenoxy) is 1. The molecule has 3 aromatic carbocycles. The molecule has 12 nitrogen and oxygen atoms in total. The summed E-state index contributed by atoms with van der Waals surface area (Å²) >= 11 is 1.30. The highest BCUT2D eigenvalue weighted by Crippen LogP contribution is 2.45. The van der Waals surface area contributed by atoms with E-state index in [9.17, 15) is 25.6 Å². The van der Waals surface area contributed by atoms with E-state index in [-0.39, 0.29) is 28.5 Å². The molecule has 0 saturated carbocycles. The van der Waals surface area contributed by atoms with Crippen molar-refractivity contribution in [2.45, 2.75) is 57.3 Å². The summed E-state index contributed by atoms with van der Waals surface area (Å²) < 4.78 is 105. The van der Waals surface area contributed by atoms with Crippen molar-refractivity contribution in [3.05, 3.63) is 88.8 Å². The van der Waals surface area contributed by atoms with Crippen molar-refractivity contribution < 1.29 is 34.7 Å². The first-order valence-electron chi connectivity index (χ1n) is 18.7. The number of aromatic nitrogens is 3. The van der Waals surface area contributed by atoms with Crippen LogP contribution in [0, 0.1) is 29.8 Å². The predicted molar refractivity (Wildman–Crippen MR) is 220 cm³/mol. The van der Waals surface area contributed by atoms with Crippen molar-refractivity contribution >= 4 is 54.4 Å². The second-order valence-corrected chi connectivity index (χ2v) is 19.7. The summed E-state index contributed by atoms with van der Waals surface area (Å²) in [5.74, 6) is -2.84. The predicted octanol–water partition coefficient (Wildman–Crippen LogP) is 8.31. The number of hydrogen-bond acceptors (Lipinski definition) is 11. The normalized spacial score (nSPS) is 16.2. The van der Waals surface area contributed by atoms with Crippen molar-refractivity contribution in [1.82, 2.24) is 19.3 Å². The molecule has 58 heavy (non-hydrogen) atoms. The summed E-state index contributed by atoms with van der Waals surface area (Å²) in [7, 11) is -6.45. The number of sulfonamides is 2. The number of hydrogen-bond donors (Lipinski definition) is 2. The van der Waals surface area contributed by atoms with Gasteiger partial charge in [0.25, 0.3) is 10.0 Å². The molecule has 5 aromatic rings. The van der Waals surface area contributed by atoms with E-state index in [1.54, 1.807) is 23.7 Å². The number of nitrogens with zero attached hydrogens (tertiary/aromatic N) is 5. The number of methoxy groups -OCH3 is 1. The molecule has 1 spiro atoms. The highest BCUT2D eigenvalue weighted by molar-refractivity contribution is 7.92. The van der Waals surface area contributed by atoms with Gasteiger partial charge in [-0.25, -0.2) is 49.3 Å². The van der Waals surface area contributed by atoms with Gasteiger partial charge in [-0.15, -0.1) is 11.3 Å². The van der Waals surface area contributed by atoms with Crippen molar-refractivity contribution in [3.63, 3.8) is 0 Å². The Bertz CT molecular complexity index is 2550. The minimum Gasteiger partial charge on any atom is -0.494 e. The number of anilines is 4. The highest BCUT2D eigenvalue weighted by Gasteiger charge is 2.39. The first-order chi connectivity index (χ1) is 27.5. The number of rotatable bonds is 11. The Morgan fingerprint density at radius 1 is 0.879 bits per heavy atom. The maximum absolute atomic E-state index is 16.3. The van der Waals surface area contributed by atoms with Gasteiger partial charge in [-0.2, -0.15) is 0 Å². The van der Waals surface area contributed by atoms with Gasteiger partial charge in [-0.1, -0.05) is 26.0 Å². The van der Waals surface area contributed by atoms with Gasteiger partial charge in [0.1, 0.15) is 17.4 Å². The van der Waals surface area contributed by atoms with Crippen molar-refractivity contribution in [2.75, 3.05) is 54.5 Å². The zero-order valence-electron chi connectivity index (χ0n) is 32.6. The molecular weight excluding hydrogens is 812 g/mol. The molecule has 18 heteroatoms. The summed E-state index contributed by atoms with van der Waals surface area (Å²) in [6.45, 7) is 8.72. The summed E-state index contributed by atoms with van der Waals surface area (Å²) in [6.07, 6.45) is 6.51. The SMILES string of the molecule is COc1cc(N2CCC3(CC2)CCN(S(C)(=O)=O)CC3)c(C)cc1Nc1nccc(-c2sc(C(C)C)nc2-c2cccc(NS(=O)(=O)c3c(F)cccc3F)c2F)n1. The monoisotopic (exact) mass is 855 g/mol. The fourth-order valence-electron chi connectivity index (χ4n) is 7.63. The summed E-state index contributed by atoms with van der Waals surface area (Å²) in [5, 5.41) is 3.95. The van der Waals surface area contributed by atoms with Crippen LogP contribution in [0.4, 0.5) is 36.2 Å².